The summed E-state index contributed by atoms with van der Waals surface area (Å²) in [6, 6.07) is 1.93. The molecule has 0 saturated heterocycles. The van der Waals surface area contributed by atoms with Crippen molar-refractivity contribution >= 4 is 33.2 Å². The molecule has 1 aromatic heterocycles. The Hall–Kier alpha value is -0.280. The van der Waals surface area contributed by atoms with E-state index in [2.05, 4.69) is 40.1 Å². The zero-order valence-corrected chi connectivity index (χ0v) is 9.98. The smallest absolute Gasteiger partial charge is 0.152 e. The normalized spacial score (nSPS) is 10.5. The molecule has 2 nitrogen and oxygen atoms in total. The van der Waals surface area contributed by atoms with Gasteiger partial charge in [0.2, 0.25) is 0 Å². The van der Waals surface area contributed by atoms with E-state index in [4.69, 9.17) is 11.6 Å². The van der Waals surface area contributed by atoms with Crippen LogP contribution in [-0.2, 0) is 0 Å². The van der Waals surface area contributed by atoms with Crippen molar-refractivity contribution in [2.75, 3.05) is 11.9 Å². The van der Waals surface area contributed by atoms with Crippen LogP contribution >= 0.6 is 27.5 Å². The Bertz CT molecular complexity index is 289. The zero-order chi connectivity index (χ0) is 9.84. The van der Waals surface area contributed by atoms with Gasteiger partial charge < -0.3 is 5.32 Å². The van der Waals surface area contributed by atoms with E-state index in [0.29, 0.717) is 11.1 Å². The maximum Gasteiger partial charge on any atom is 0.152 e. The lowest BCUT2D eigenvalue weighted by Gasteiger charge is -2.09. The second-order valence-corrected chi connectivity index (χ2v) is 4.54. The van der Waals surface area contributed by atoms with E-state index in [1.54, 1.807) is 6.20 Å². The Kier molecular flexibility index (Phi) is 4.00. The standard InChI is InChI=1S/C9H12BrClN2/c1-6(2)4-12-8-3-7(10)5-13-9(8)11/h3,5-6,12H,4H2,1-2H3. The summed E-state index contributed by atoms with van der Waals surface area (Å²) in [6.07, 6.45) is 1.68. The maximum absolute atomic E-state index is 5.89. The van der Waals surface area contributed by atoms with Gasteiger partial charge in [0, 0.05) is 17.2 Å². The highest BCUT2D eigenvalue weighted by atomic mass is 79.9. The Balaban J connectivity index is 2.70. The largest absolute Gasteiger partial charge is 0.382 e. The summed E-state index contributed by atoms with van der Waals surface area (Å²) in [6.45, 7) is 5.19. The number of nitrogens with zero attached hydrogens (tertiary/aromatic N) is 1. The molecule has 0 saturated carbocycles. The van der Waals surface area contributed by atoms with E-state index in [9.17, 15) is 0 Å². The van der Waals surface area contributed by atoms with Gasteiger partial charge in [-0.2, -0.15) is 0 Å². The lowest BCUT2D eigenvalue weighted by molar-refractivity contribution is 0.688. The second-order valence-electron chi connectivity index (χ2n) is 3.27. The predicted molar refractivity (Wildman–Crippen MR) is 60.3 cm³/mol. The topological polar surface area (TPSA) is 24.9 Å². The molecule has 0 aliphatic rings. The molecule has 0 radical (unpaired) electrons. The van der Waals surface area contributed by atoms with Crippen molar-refractivity contribution in [3.05, 3.63) is 21.9 Å². The maximum atomic E-state index is 5.89. The van der Waals surface area contributed by atoms with Gasteiger partial charge in [0.15, 0.2) is 5.15 Å². The molecule has 0 bridgehead atoms. The fourth-order valence-electron chi connectivity index (χ4n) is 0.861. The minimum absolute atomic E-state index is 0.517. The van der Waals surface area contributed by atoms with Crippen LogP contribution in [0.15, 0.2) is 16.7 Å². The predicted octanol–water partition coefficient (Wildman–Crippen LogP) is 3.57. The average molecular weight is 264 g/mol. The van der Waals surface area contributed by atoms with Crippen LogP contribution in [0.5, 0.6) is 0 Å². The molecule has 0 aliphatic heterocycles. The molecule has 0 unspecified atom stereocenters. The van der Waals surface area contributed by atoms with Gasteiger partial charge in [0.25, 0.3) is 0 Å². The van der Waals surface area contributed by atoms with Gasteiger partial charge in [-0.3, -0.25) is 0 Å². The fraction of sp³-hybridized carbons (Fsp3) is 0.444. The molecular weight excluding hydrogens is 251 g/mol. The van der Waals surface area contributed by atoms with Gasteiger partial charge in [-0.15, -0.1) is 0 Å². The Labute approximate surface area is 91.8 Å². The summed E-state index contributed by atoms with van der Waals surface area (Å²) >= 11 is 9.23. The van der Waals surface area contributed by atoms with Gasteiger partial charge in [0.05, 0.1) is 5.69 Å². The van der Waals surface area contributed by atoms with Crippen LogP contribution in [0.25, 0.3) is 0 Å². The van der Waals surface area contributed by atoms with Crippen LogP contribution < -0.4 is 5.32 Å². The molecule has 72 valence electrons. The number of pyridine rings is 1. The monoisotopic (exact) mass is 262 g/mol. The molecule has 4 heteroatoms. The Morgan fingerprint density at radius 3 is 2.92 bits per heavy atom. The zero-order valence-electron chi connectivity index (χ0n) is 7.64. The highest BCUT2D eigenvalue weighted by molar-refractivity contribution is 9.10. The number of rotatable bonds is 3. The number of nitrogens with one attached hydrogen (secondary N) is 1. The van der Waals surface area contributed by atoms with Gasteiger partial charge in [-0.05, 0) is 27.9 Å². The van der Waals surface area contributed by atoms with E-state index in [1.165, 1.54) is 0 Å². The van der Waals surface area contributed by atoms with Crippen molar-refractivity contribution in [3.8, 4) is 0 Å². The van der Waals surface area contributed by atoms with Crippen LogP contribution in [0.2, 0.25) is 5.15 Å². The first-order chi connectivity index (χ1) is 6.09. The average Bonchev–Trinajstić information content (AvgIpc) is 2.06. The minimum Gasteiger partial charge on any atom is -0.382 e. The summed E-state index contributed by atoms with van der Waals surface area (Å²) < 4.78 is 0.933. The molecule has 0 amide bonds. The molecule has 0 spiro atoms. The Morgan fingerprint density at radius 2 is 2.31 bits per heavy atom. The van der Waals surface area contributed by atoms with Crippen LogP contribution in [0, 0.1) is 5.92 Å². The van der Waals surface area contributed by atoms with Gasteiger partial charge in [0.1, 0.15) is 0 Å². The molecule has 0 aliphatic carbocycles. The lowest BCUT2D eigenvalue weighted by atomic mass is 10.2. The molecule has 1 N–H and O–H groups in total. The van der Waals surface area contributed by atoms with Crippen molar-refractivity contribution in [2.24, 2.45) is 5.92 Å². The Morgan fingerprint density at radius 1 is 1.62 bits per heavy atom. The van der Waals surface area contributed by atoms with Gasteiger partial charge in [-0.1, -0.05) is 25.4 Å². The van der Waals surface area contributed by atoms with Crippen molar-refractivity contribution < 1.29 is 0 Å². The van der Waals surface area contributed by atoms with E-state index in [-0.39, 0.29) is 0 Å². The molecule has 0 atom stereocenters. The number of hydrogen-bond acceptors (Lipinski definition) is 2. The summed E-state index contributed by atoms with van der Waals surface area (Å²) in [5, 5.41) is 3.75. The molecule has 1 rings (SSSR count). The van der Waals surface area contributed by atoms with Crippen LogP contribution in [-0.4, -0.2) is 11.5 Å². The van der Waals surface area contributed by atoms with E-state index < -0.39 is 0 Å². The second kappa shape index (κ2) is 4.82. The fourth-order valence-corrected chi connectivity index (χ4v) is 1.36. The van der Waals surface area contributed by atoms with Gasteiger partial charge in [-0.25, -0.2) is 4.98 Å². The molecule has 13 heavy (non-hydrogen) atoms. The summed E-state index contributed by atoms with van der Waals surface area (Å²) in [5.41, 5.74) is 0.879. The first-order valence-corrected chi connectivity index (χ1v) is 5.31. The molecule has 0 fully saturated rings. The SMILES string of the molecule is CC(C)CNc1cc(Br)cnc1Cl. The summed E-state index contributed by atoms with van der Waals surface area (Å²) in [4.78, 5) is 4.01. The number of hydrogen-bond donors (Lipinski definition) is 1. The number of anilines is 1. The van der Waals surface area contributed by atoms with Crippen LogP contribution in [0.1, 0.15) is 13.8 Å². The third kappa shape index (κ3) is 3.53. The first kappa shape index (κ1) is 10.8. The third-order valence-electron chi connectivity index (χ3n) is 1.51. The van der Waals surface area contributed by atoms with Crippen molar-refractivity contribution in [1.29, 1.82) is 0 Å². The van der Waals surface area contributed by atoms with Gasteiger partial charge >= 0.3 is 0 Å². The van der Waals surface area contributed by atoms with Crippen LogP contribution in [0.3, 0.4) is 0 Å². The molecular formula is C9H12BrClN2. The minimum atomic E-state index is 0.517. The molecule has 1 aromatic rings. The van der Waals surface area contributed by atoms with Crippen LogP contribution in [0.4, 0.5) is 5.69 Å². The summed E-state index contributed by atoms with van der Waals surface area (Å²) in [7, 11) is 0. The summed E-state index contributed by atoms with van der Waals surface area (Å²) in [5.74, 6) is 0.593. The quantitative estimate of drug-likeness (QED) is 0.844. The number of aromatic nitrogens is 1. The number of halogens is 2. The van der Waals surface area contributed by atoms with E-state index in [1.807, 2.05) is 6.07 Å². The van der Waals surface area contributed by atoms with Crippen molar-refractivity contribution in [1.82, 2.24) is 4.98 Å². The van der Waals surface area contributed by atoms with E-state index >= 15 is 0 Å². The molecule has 1 heterocycles. The lowest BCUT2D eigenvalue weighted by Crippen LogP contribution is -2.08. The third-order valence-corrected chi connectivity index (χ3v) is 2.24. The highest BCUT2D eigenvalue weighted by Gasteiger charge is 2.02. The van der Waals surface area contributed by atoms with E-state index in [0.717, 1.165) is 16.7 Å². The highest BCUT2D eigenvalue weighted by Crippen LogP contribution is 2.22. The first-order valence-electron chi connectivity index (χ1n) is 4.14. The van der Waals surface area contributed by atoms with Crippen molar-refractivity contribution in [2.45, 2.75) is 13.8 Å². The van der Waals surface area contributed by atoms with Crippen molar-refractivity contribution in [3.63, 3.8) is 0 Å². The molecule has 0 aromatic carbocycles.